The number of methoxy groups -OCH3 is 1. The molecular formula is C20H28O4. The molecule has 1 fully saturated rings. The number of carbonyl (C=O) groups excluding carboxylic acids is 1. The zero-order valence-corrected chi connectivity index (χ0v) is 14.9. The predicted octanol–water partition coefficient (Wildman–Crippen LogP) is 4.45. The molecule has 1 heterocycles. The number of hydrogen-bond donors (Lipinski definition) is 0. The summed E-state index contributed by atoms with van der Waals surface area (Å²) in [6, 6.07) is 7.64. The second kappa shape index (κ2) is 8.45. The van der Waals surface area contributed by atoms with Crippen LogP contribution in [0.2, 0.25) is 0 Å². The lowest BCUT2D eigenvalue weighted by Crippen LogP contribution is -2.43. The van der Waals surface area contributed by atoms with Crippen LogP contribution < -0.4 is 4.74 Å². The van der Waals surface area contributed by atoms with Gasteiger partial charge in [0.1, 0.15) is 11.5 Å². The van der Waals surface area contributed by atoms with Crippen molar-refractivity contribution in [1.29, 1.82) is 0 Å². The van der Waals surface area contributed by atoms with Crippen molar-refractivity contribution in [1.82, 2.24) is 0 Å². The summed E-state index contributed by atoms with van der Waals surface area (Å²) in [6.07, 6.45) is 4.27. The molecule has 0 saturated carbocycles. The molecule has 4 heteroatoms. The van der Waals surface area contributed by atoms with Crippen LogP contribution in [0.3, 0.4) is 0 Å². The van der Waals surface area contributed by atoms with Gasteiger partial charge in [0.25, 0.3) is 0 Å². The SMILES string of the molecule is C=CCCCC(=O)C(C)(C)[C@@H]1CCOC(c2ccc(OC)cc2)O1. The minimum Gasteiger partial charge on any atom is -0.497 e. The summed E-state index contributed by atoms with van der Waals surface area (Å²) in [6.45, 7) is 8.24. The third-order valence-corrected chi connectivity index (χ3v) is 4.66. The molecule has 1 saturated heterocycles. The van der Waals surface area contributed by atoms with E-state index in [1.54, 1.807) is 7.11 Å². The standard InChI is InChI=1S/C20H28O4/c1-5-6-7-8-17(21)20(2,3)18-13-14-23-19(24-18)15-9-11-16(22-4)12-10-15/h5,9-12,18-19H,1,6-8,13-14H2,2-4H3/t18-,19?/m0/s1. The first-order valence-electron chi connectivity index (χ1n) is 8.54. The second-order valence-corrected chi connectivity index (χ2v) is 6.72. The Hall–Kier alpha value is -1.65. The second-order valence-electron chi connectivity index (χ2n) is 6.72. The van der Waals surface area contributed by atoms with Gasteiger partial charge in [-0.05, 0) is 31.4 Å². The monoisotopic (exact) mass is 332 g/mol. The molecule has 0 aromatic heterocycles. The van der Waals surface area contributed by atoms with Crippen molar-refractivity contribution in [2.75, 3.05) is 13.7 Å². The van der Waals surface area contributed by atoms with E-state index in [0.29, 0.717) is 13.0 Å². The highest BCUT2D eigenvalue weighted by atomic mass is 16.7. The molecular weight excluding hydrogens is 304 g/mol. The van der Waals surface area contributed by atoms with E-state index >= 15 is 0 Å². The molecule has 2 atom stereocenters. The molecule has 0 aliphatic carbocycles. The molecule has 2 rings (SSSR count). The van der Waals surface area contributed by atoms with Crippen molar-refractivity contribution in [3.05, 3.63) is 42.5 Å². The maximum atomic E-state index is 12.6. The molecule has 0 N–H and O–H groups in total. The van der Waals surface area contributed by atoms with Gasteiger partial charge in [-0.15, -0.1) is 6.58 Å². The smallest absolute Gasteiger partial charge is 0.184 e. The van der Waals surface area contributed by atoms with Crippen LogP contribution in [0.4, 0.5) is 0 Å². The summed E-state index contributed by atoms with van der Waals surface area (Å²) in [5.74, 6) is 1.04. The third-order valence-electron chi connectivity index (χ3n) is 4.66. The number of benzene rings is 1. The highest BCUT2D eigenvalue weighted by Crippen LogP contribution is 2.37. The first kappa shape index (κ1) is 18.7. The van der Waals surface area contributed by atoms with E-state index in [0.717, 1.165) is 30.6 Å². The van der Waals surface area contributed by atoms with Crippen LogP contribution in [0.5, 0.6) is 5.75 Å². The molecule has 1 aromatic carbocycles. The lowest BCUT2D eigenvalue weighted by atomic mass is 9.78. The summed E-state index contributed by atoms with van der Waals surface area (Å²) in [5.41, 5.74) is 0.422. The summed E-state index contributed by atoms with van der Waals surface area (Å²) in [7, 11) is 1.64. The van der Waals surface area contributed by atoms with E-state index < -0.39 is 11.7 Å². The van der Waals surface area contributed by atoms with E-state index in [4.69, 9.17) is 14.2 Å². The fraction of sp³-hybridized carbons (Fsp3) is 0.550. The van der Waals surface area contributed by atoms with Crippen LogP contribution >= 0.6 is 0 Å². The van der Waals surface area contributed by atoms with E-state index in [1.807, 2.05) is 44.2 Å². The number of rotatable bonds is 8. The van der Waals surface area contributed by atoms with Gasteiger partial charge in [0.15, 0.2) is 6.29 Å². The average Bonchev–Trinajstić information content (AvgIpc) is 2.62. The van der Waals surface area contributed by atoms with E-state index in [1.165, 1.54) is 0 Å². The number of hydrogen-bond acceptors (Lipinski definition) is 4. The van der Waals surface area contributed by atoms with Gasteiger partial charge in [-0.1, -0.05) is 32.1 Å². The number of unbranched alkanes of at least 4 members (excludes halogenated alkanes) is 1. The molecule has 0 bridgehead atoms. The van der Waals surface area contributed by atoms with Gasteiger partial charge >= 0.3 is 0 Å². The van der Waals surface area contributed by atoms with Crippen LogP contribution in [0, 0.1) is 5.41 Å². The maximum absolute atomic E-state index is 12.6. The lowest BCUT2D eigenvalue weighted by Gasteiger charge is -2.39. The lowest BCUT2D eigenvalue weighted by molar-refractivity contribution is -0.238. The molecule has 1 unspecified atom stereocenters. The Morgan fingerprint density at radius 3 is 2.71 bits per heavy atom. The highest BCUT2D eigenvalue weighted by molar-refractivity contribution is 5.84. The Balaban J connectivity index is 2.02. The largest absolute Gasteiger partial charge is 0.497 e. The Morgan fingerprint density at radius 2 is 2.08 bits per heavy atom. The molecule has 132 valence electrons. The number of carbonyl (C=O) groups is 1. The van der Waals surface area contributed by atoms with Gasteiger partial charge in [0.2, 0.25) is 0 Å². The van der Waals surface area contributed by atoms with Crippen molar-refractivity contribution >= 4 is 5.78 Å². The Kier molecular flexibility index (Phi) is 6.58. The van der Waals surface area contributed by atoms with Crippen molar-refractivity contribution in [2.45, 2.75) is 51.9 Å². The Bertz CT molecular complexity index is 547. The van der Waals surface area contributed by atoms with Gasteiger partial charge in [-0.25, -0.2) is 0 Å². The van der Waals surface area contributed by atoms with Gasteiger partial charge in [-0.2, -0.15) is 0 Å². The molecule has 4 nitrogen and oxygen atoms in total. The van der Waals surface area contributed by atoms with Crippen molar-refractivity contribution in [3.63, 3.8) is 0 Å². The normalized spacial score (nSPS) is 21.3. The minimum atomic E-state index is -0.518. The first-order valence-corrected chi connectivity index (χ1v) is 8.54. The van der Waals surface area contributed by atoms with Crippen molar-refractivity contribution < 1.29 is 19.0 Å². The van der Waals surface area contributed by atoms with Crippen LogP contribution in [-0.4, -0.2) is 25.6 Å². The van der Waals surface area contributed by atoms with Crippen molar-refractivity contribution in [2.24, 2.45) is 5.41 Å². The number of ether oxygens (including phenoxy) is 3. The number of allylic oxidation sites excluding steroid dienone is 1. The first-order chi connectivity index (χ1) is 11.5. The Morgan fingerprint density at radius 1 is 1.38 bits per heavy atom. The zero-order chi connectivity index (χ0) is 17.6. The summed E-state index contributed by atoms with van der Waals surface area (Å²) < 4.78 is 17.1. The zero-order valence-electron chi connectivity index (χ0n) is 14.9. The summed E-state index contributed by atoms with van der Waals surface area (Å²) in [4.78, 5) is 12.6. The summed E-state index contributed by atoms with van der Waals surface area (Å²) in [5, 5.41) is 0. The van der Waals surface area contributed by atoms with Gasteiger partial charge < -0.3 is 14.2 Å². The van der Waals surface area contributed by atoms with Crippen LogP contribution in [0.25, 0.3) is 0 Å². The molecule has 0 radical (unpaired) electrons. The minimum absolute atomic E-state index is 0.144. The summed E-state index contributed by atoms with van der Waals surface area (Å²) >= 11 is 0. The maximum Gasteiger partial charge on any atom is 0.184 e. The van der Waals surface area contributed by atoms with Gasteiger partial charge in [0, 0.05) is 17.4 Å². The fourth-order valence-corrected chi connectivity index (χ4v) is 2.91. The topological polar surface area (TPSA) is 44.8 Å². The fourth-order valence-electron chi connectivity index (χ4n) is 2.91. The van der Waals surface area contributed by atoms with Crippen LogP contribution in [0.15, 0.2) is 36.9 Å². The molecule has 0 spiro atoms. The van der Waals surface area contributed by atoms with Gasteiger partial charge in [0.05, 0.1) is 19.8 Å². The van der Waals surface area contributed by atoms with E-state index in [-0.39, 0.29) is 11.9 Å². The van der Waals surface area contributed by atoms with E-state index in [9.17, 15) is 4.79 Å². The Labute approximate surface area is 144 Å². The van der Waals surface area contributed by atoms with Gasteiger partial charge in [-0.3, -0.25) is 4.79 Å². The number of ketones is 1. The predicted molar refractivity (Wildman–Crippen MR) is 94.0 cm³/mol. The molecule has 1 aromatic rings. The molecule has 1 aliphatic rings. The average molecular weight is 332 g/mol. The quantitative estimate of drug-likeness (QED) is 0.521. The van der Waals surface area contributed by atoms with Crippen molar-refractivity contribution in [3.8, 4) is 5.75 Å². The number of Topliss-reactive ketones (excluding diaryl/α,β-unsaturated/α-hetero) is 1. The third kappa shape index (κ3) is 4.46. The highest BCUT2D eigenvalue weighted by Gasteiger charge is 2.40. The van der Waals surface area contributed by atoms with E-state index in [2.05, 4.69) is 6.58 Å². The van der Waals surface area contributed by atoms with Crippen LogP contribution in [0.1, 0.15) is 51.4 Å². The molecule has 0 amide bonds. The molecule has 24 heavy (non-hydrogen) atoms. The molecule has 1 aliphatic heterocycles. The van der Waals surface area contributed by atoms with Crippen LogP contribution in [-0.2, 0) is 14.3 Å².